The monoisotopic (exact) mass is 269 g/mol. The van der Waals surface area contributed by atoms with Gasteiger partial charge in [0.15, 0.2) is 0 Å². The van der Waals surface area contributed by atoms with Crippen LogP contribution in [0.5, 0.6) is 0 Å². The van der Waals surface area contributed by atoms with Crippen molar-refractivity contribution in [3.8, 4) is 0 Å². The largest absolute Gasteiger partial charge is 0.355 e. The van der Waals surface area contributed by atoms with Crippen LogP contribution in [0.4, 0.5) is 0 Å². The Hall–Kier alpha value is -1.76. The smallest absolute Gasteiger partial charge is 0.0461 e. The van der Waals surface area contributed by atoms with Crippen LogP contribution >= 0.6 is 0 Å². The summed E-state index contributed by atoms with van der Waals surface area (Å²) >= 11 is 0. The summed E-state index contributed by atoms with van der Waals surface area (Å²) in [4.78, 5) is 3.43. The van der Waals surface area contributed by atoms with Gasteiger partial charge in [0, 0.05) is 27.9 Å². The molecule has 0 spiro atoms. The van der Waals surface area contributed by atoms with E-state index in [1.807, 2.05) is 19.9 Å². The Bertz CT molecular complexity index is 536. The van der Waals surface area contributed by atoms with E-state index in [0.29, 0.717) is 0 Å². The first kappa shape index (κ1) is 16.3. The third kappa shape index (κ3) is 3.63. The van der Waals surface area contributed by atoms with Crippen molar-refractivity contribution < 1.29 is 0 Å². The molecule has 0 atom stereocenters. The van der Waals surface area contributed by atoms with E-state index in [9.17, 15) is 0 Å². The van der Waals surface area contributed by atoms with Gasteiger partial charge in [-0.1, -0.05) is 71.6 Å². The average Bonchev–Trinajstić information content (AvgIpc) is 2.72. The Morgan fingerprint density at radius 2 is 1.85 bits per heavy atom. The second kappa shape index (κ2) is 7.14. The van der Waals surface area contributed by atoms with E-state index < -0.39 is 0 Å². The minimum Gasteiger partial charge on any atom is -0.355 e. The van der Waals surface area contributed by atoms with E-state index in [-0.39, 0.29) is 5.41 Å². The second-order valence-electron chi connectivity index (χ2n) is 5.28. The van der Waals surface area contributed by atoms with Gasteiger partial charge in [-0.2, -0.15) is 0 Å². The molecule has 1 aliphatic carbocycles. The molecule has 1 heterocycles. The molecule has 1 N–H and O–H groups in total. The Kier molecular flexibility index (Phi) is 5.82. The first-order valence-corrected chi connectivity index (χ1v) is 7.51. The molecule has 0 saturated carbocycles. The van der Waals surface area contributed by atoms with Crippen molar-refractivity contribution in [1.29, 1.82) is 0 Å². The number of nitrogens with one attached hydrogen (secondary N) is 1. The van der Waals surface area contributed by atoms with Gasteiger partial charge in [0.1, 0.15) is 0 Å². The lowest BCUT2D eigenvalue weighted by molar-refractivity contribution is 0.633. The molecular formula is C19H27N. The SMILES string of the molecule is C=Cc1[nH]c2c(c1/C=C\CC)C=CC(C)(C)C=C2.CC. The molecule has 1 heteroatoms. The highest BCUT2D eigenvalue weighted by molar-refractivity contribution is 5.80. The van der Waals surface area contributed by atoms with E-state index in [0.717, 1.165) is 12.1 Å². The van der Waals surface area contributed by atoms with E-state index >= 15 is 0 Å². The molecule has 0 unspecified atom stereocenters. The van der Waals surface area contributed by atoms with E-state index in [1.54, 1.807) is 0 Å². The summed E-state index contributed by atoms with van der Waals surface area (Å²) in [6, 6.07) is 0. The number of fused-ring (bicyclic) bond motifs is 1. The summed E-state index contributed by atoms with van der Waals surface area (Å²) < 4.78 is 0. The van der Waals surface area contributed by atoms with Gasteiger partial charge in [0.05, 0.1) is 0 Å². The fourth-order valence-corrected chi connectivity index (χ4v) is 2.11. The molecule has 0 bridgehead atoms. The van der Waals surface area contributed by atoms with Crippen LogP contribution in [0.25, 0.3) is 24.3 Å². The molecule has 0 saturated heterocycles. The minimum absolute atomic E-state index is 0.111. The Balaban J connectivity index is 0.000000956. The lowest BCUT2D eigenvalue weighted by Gasteiger charge is -2.12. The Morgan fingerprint density at radius 3 is 2.45 bits per heavy atom. The van der Waals surface area contributed by atoms with Crippen molar-refractivity contribution in [2.45, 2.75) is 41.0 Å². The van der Waals surface area contributed by atoms with Crippen LogP contribution in [-0.2, 0) is 0 Å². The topological polar surface area (TPSA) is 15.8 Å². The zero-order valence-electron chi connectivity index (χ0n) is 13.5. The van der Waals surface area contributed by atoms with Crippen molar-refractivity contribution in [2.24, 2.45) is 5.41 Å². The minimum atomic E-state index is 0.111. The number of aromatic amines is 1. The first-order chi connectivity index (χ1) is 9.57. The van der Waals surface area contributed by atoms with Crippen LogP contribution in [0.2, 0.25) is 0 Å². The molecule has 0 amide bonds. The molecule has 2 rings (SSSR count). The summed E-state index contributed by atoms with van der Waals surface area (Å²) in [7, 11) is 0. The maximum Gasteiger partial charge on any atom is 0.0461 e. The summed E-state index contributed by atoms with van der Waals surface area (Å²) in [6.45, 7) is 14.4. The van der Waals surface area contributed by atoms with Crippen molar-refractivity contribution >= 4 is 24.3 Å². The summed E-state index contributed by atoms with van der Waals surface area (Å²) in [5.74, 6) is 0. The zero-order valence-corrected chi connectivity index (χ0v) is 13.5. The molecule has 1 aromatic heterocycles. The maximum atomic E-state index is 3.88. The number of hydrogen-bond acceptors (Lipinski definition) is 0. The van der Waals surface area contributed by atoms with Crippen molar-refractivity contribution in [3.05, 3.63) is 47.3 Å². The van der Waals surface area contributed by atoms with Crippen molar-refractivity contribution in [3.63, 3.8) is 0 Å². The molecule has 1 aromatic rings. The van der Waals surface area contributed by atoms with Crippen LogP contribution in [0.3, 0.4) is 0 Å². The fraction of sp³-hybridized carbons (Fsp3) is 0.368. The maximum absolute atomic E-state index is 3.88. The van der Waals surface area contributed by atoms with Gasteiger partial charge in [-0.3, -0.25) is 0 Å². The van der Waals surface area contributed by atoms with E-state index in [4.69, 9.17) is 0 Å². The highest BCUT2D eigenvalue weighted by atomic mass is 14.7. The lowest BCUT2D eigenvalue weighted by Crippen LogP contribution is -2.00. The van der Waals surface area contributed by atoms with Gasteiger partial charge in [-0.05, 0) is 18.6 Å². The molecule has 0 fully saturated rings. The summed E-state index contributed by atoms with van der Waals surface area (Å²) in [6.07, 6.45) is 16.2. The van der Waals surface area contributed by atoms with Crippen LogP contribution in [0.15, 0.2) is 24.8 Å². The van der Waals surface area contributed by atoms with Crippen LogP contribution in [-0.4, -0.2) is 4.98 Å². The normalized spacial score (nSPS) is 15.4. The third-order valence-electron chi connectivity index (χ3n) is 3.22. The van der Waals surface area contributed by atoms with Crippen LogP contribution in [0.1, 0.15) is 63.6 Å². The quantitative estimate of drug-likeness (QED) is 0.675. The number of aromatic nitrogens is 1. The molecule has 20 heavy (non-hydrogen) atoms. The molecule has 1 aliphatic rings. The van der Waals surface area contributed by atoms with E-state index in [1.165, 1.54) is 16.8 Å². The predicted molar refractivity (Wildman–Crippen MR) is 93.4 cm³/mol. The van der Waals surface area contributed by atoms with Crippen molar-refractivity contribution in [2.75, 3.05) is 0 Å². The highest BCUT2D eigenvalue weighted by Crippen LogP contribution is 2.31. The summed E-state index contributed by atoms with van der Waals surface area (Å²) in [5.41, 5.74) is 4.87. The van der Waals surface area contributed by atoms with Gasteiger partial charge < -0.3 is 4.98 Å². The van der Waals surface area contributed by atoms with Crippen LogP contribution < -0.4 is 0 Å². The van der Waals surface area contributed by atoms with Gasteiger partial charge >= 0.3 is 0 Å². The van der Waals surface area contributed by atoms with Gasteiger partial charge in [-0.25, -0.2) is 0 Å². The first-order valence-electron chi connectivity index (χ1n) is 7.51. The molecule has 0 aromatic carbocycles. The van der Waals surface area contributed by atoms with Gasteiger partial charge in [0.2, 0.25) is 0 Å². The average molecular weight is 269 g/mol. The molecular weight excluding hydrogens is 242 g/mol. The number of allylic oxidation sites excluding steroid dienone is 3. The van der Waals surface area contributed by atoms with Crippen molar-refractivity contribution in [1.82, 2.24) is 4.98 Å². The Labute approximate surface area is 123 Å². The fourth-order valence-electron chi connectivity index (χ4n) is 2.11. The van der Waals surface area contributed by atoms with E-state index in [2.05, 4.69) is 68.8 Å². The number of hydrogen-bond donors (Lipinski definition) is 1. The third-order valence-corrected chi connectivity index (χ3v) is 3.22. The molecule has 108 valence electrons. The van der Waals surface area contributed by atoms with Gasteiger partial charge in [-0.15, -0.1) is 0 Å². The number of rotatable bonds is 3. The summed E-state index contributed by atoms with van der Waals surface area (Å²) in [5, 5.41) is 0. The molecule has 0 radical (unpaired) electrons. The molecule has 1 nitrogen and oxygen atoms in total. The van der Waals surface area contributed by atoms with Gasteiger partial charge in [0.25, 0.3) is 0 Å². The predicted octanol–water partition coefficient (Wildman–Crippen LogP) is 6.17. The second-order valence-corrected chi connectivity index (χ2v) is 5.28. The Morgan fingerprint density at radius 1 is 1.20 bits per heavy atom. The van der Waals surface area contributed by atoms with Crippen LogP contribution in [0, 0.1) is 5.41 Å². The zero-order chi connectivity index (χ0) is 15.2. The number of H-pyrrole nitrogens is 1. The highest BCUT2D eigenvalue weighted by Gasteiger charge is 2.16. The lowest BCUT2D eigenvalue weighted by atomic mass is 9.93. The standard InChI is InChI=1S/C17H21N.C2H6/c1-5-7-8-13-14-9-11-17(3,4)12-10-16(14)18-15(13)6-2;1-2/h6-12,18H,2,5H2,1,3-4H3;1-2H3/b8-7-;. The molecule has 0 aliphatic heterocycles.